The van der Waals surface area contributed by atoms with Gasteiger partial charge in [-0.25, -0.2) is 0 Å². The van der Waals surface area contributed by atoms with Gasteiger partial charge in [0.05, 0.1) is 12.2 Å². The normalized spacial score (nSPS) is 36.8. The fourth-order valence-corrected chi connectivity index (χ4v) is 3.80. The Kier molecular flexibility index (Phi) is 4.72. The summed E-state index contributed by atoms with van der Waals surface area (Å²) in [5.41, 5.74) is 0.176. The van der Waals surface area contributed by atoms with Gasteiger partial charge in [0.2, 0.25) is 0 Å². The lowest BCUT2D eigenvalue weighted by molar-refractivity contribution is -0.0715. The Labute approximate surface area is 108 Å². The molecule has 0 radical (unpaired) electrons. The maximum atomic E-state index is 6.31. The fourth-order valence-electron chi connectivity index (χ4n) is 3.08. The van der Waals surface area contributed by atoms with Crippen LogP contribution in [0.3, 0.4) is 0 Å². The average molecular weight is 289 g/mol. The van der Waals surface area contributed by atoms with Crippen LogP contribution in [0.15, 0.2) is 0 Å². The second kappa shape index (κ2) is 5.86. The monoisotopic (exact) mass is 288 g/mol. The third-order valence-corrected chi connectivity index (χ3v) is 5.55. The van der Waals surface area contributed by atoms with Crippen LogP contribution in [0.2, 0.25) is 0 Å². The summed E-state index contributed by atoms with van der Waals surface area (Å²) < 4.78 is 6.31. The van der Waals surface area contributed by atoms with E-state index >= 15 is 0 Å². The van der Waals surface area contributed by atoms with Crippen LogP contribution >= 0.6 is 15.9 Å². The molecule has 0 aromatic heterocycles. The predicted octanol–water partition coefficient (Wildman–Crippen LogP) is 4.54. The molecule has 0 atom stereocenters. The van der Waals surface area contributed by atoms with Gasteiger partial charge in [-0.05, 0) is 50.4 Å². The van der Waals surface area contributed by atoms with Gasteiger partial charge in [-0.1, -0.05) is 35.7 Å². The van der Waals surface area contributed by atoms with Gasteiger partial charge in [0.15, 0.2) is 0 Å². The van der Waals surface area contributed by atoms with Gasteiger partial charge in [0.1, 0.15) is 0 Å². The summed E-state index contributed by atoms with van der Waals surface area (Å²) in [5, 5.41) is 1.03. The highest BCUT2D eigenvalue weighted by atomic mass is 79.9. The van der Waals surface area contributed by atoms with Crippen molar-refractivity contribution in [3.63, 3.8) is 0 Å². The van der Waals surface area contributed by atoms with Gasteiger partial charge >= 0.3 is 0 Å². The van der Waals surface area contributed by atoms with Gasteiger partial charge < -0.3 is 4.74 Å². The minimum Gasteiger partial charge on any atom is -0.374 e. The number of alkyl halides is 1. The third-order valence-electron chi connectivity index (χ3n) is 4.53. The van der Waals surface area contributed by atoms with Gasteiger partial charge in [-0.15, -0.1) is 0 Å². The molecule has 2 aliphatic rings. The Morgan fingerprint density at radius 3 is 2.31 bits per heavy atom. The molecule has 0 bridgehead atoms. The van der Waals surface area contributed by atoms with E-state index in [-0.39, 0.29) is 5.60 Å². The summed E-state index contributed by atoms with van der Waals surface area (Å²) in [6.07, 6.45) is 10.8. The van der Waals surface area contributed by atoms with Gasteiger partial charge in [-0.3, -0.25) is 0 Å². The predicted molar refractivity (Wildman–Crippen MR) is 72.1 cm³/mol. The van der Waals surface area contributed by atoms with Crippen molar-refractivity contribution in [3.8, 4) is 0 Å². The Morgan fingerprint density at radius 1 is 1.12 bits per heavy atom. The van der Waals surface area contributed by atoms with E-state index in [0.29, 0.717) is 0 Å². The van der Waals surface area contributed by atoms with E-state index in [2.05, 4.69) is 22.9 Å². The van der Waals surface area contributed by atoms with Crippen molar-refractivity contribution >= 4 is 15.9 Å². The standard InChI is InChI=1S/C14H25BrO/c1-12-6-8-14(11-15,9-7-12)16-10-13-4-2-3-5-13/h12-13H,2-11H2,1H3. The van der Waals surface area contributed by atoms with E-state index in [1.165, 1.54) is 51.4 Å². The molecule has 0 amide bonds. The van der Waals surface area contributed by atoms with Crippen molar-refractivity contribution in [2.45, 2.75) is 63.9 Å². The van der Waals surface area contributed by atoms with Crippen molar-refractivity contribution in [1.29, 1.82) is 0 Å². The highest BCUT2D eigenvalue weighted by Gasteiger charge is 2.34. The van der Waals surface area contributed by atoms with E-state index in [0.717, 1.165) is 23.8 Å². The summed E-state index contributed by atoms with van der Waals surface area (Å²) in [5.74, 6) is 1.76. The molecule has 1 nitrogen and oxygen atoms in total. The number of ether oxygens (including phenoxy) is 1. The zero-order valence-electron chi connectivity index (χ0n) is 10.5. The summed E-state index contributed by atoms with van der Waals surface area (Å²) in [4.78, 5) is 0. The van der Waals surface area contributed by atoms with Crippen LogP contribution in [-0.2, 0) is 4.74 Å². The second-order valence-corrected chi connectivity index (χ2v) is 6.52. The summed E-state index contributed by atoms with van der Waals surface area (Å²) in [6.45, 7) is 3.38. The Balaban J connectivity index is 1.79. The van der Waals surface area contributed by atoms with Crippen molar-refractivity contribution in [3.05, 3.63) is 0 Å². The average Bonchev–Trinajstić information content (AvgIpc) is 2.82. The summed E-state index contributed by atoms with van der Waals surface area (Å²) >= 11 is 3.67. The number of hydrogen-bond donors (Lipinski definition) is 0. The Bertz CT molecular complexity index is 203. The molecule has 0 heterocycles. The molecule has 0 aromatic rings. The lowest BCUT2D eigenvalue weighted by atomic mass is 9.80. The molecule has 0 saturated heterocycles. The molecule has 0 aliphatic heterocycles. The number of hydrogen-bond acceptors (Lipinski definition) is 1. The molecular weight excluding hydrogens is 264 g/mol. The largest absolute Gasteiger partial charge is 0.374 e. The lowest BCUT2D eigenvalue weighted by Crippen LogP contribution is -2.39. The minimum atomic E-state index is 0.176. The molecule has 94 valence electrons. The van der Waals surface area contributed by atoms with Crippen LogP contribution < -0.4 is 0 Å². The summed E-state index contributed by atoms with van der Waals surface area (Å²) in [6, 6.07) is 0. The maximum Gasteiger partial charge on any atom is 0.0779 e. The van der Waals surface area contributed by atoms with Crippen molar-refractivity contribution < 1.29 is 4.74 Å². The quantitative estimate of drug-likeness (QED) is 0.690. The lowest BCUT2D eigenvalue weighted by Gasteiger charge is -2.38. The van der Waals surface area contributed by atoms with Crippen LogP contribution in [0.5, 0.6) is 0 Å². The summed E-state index contributed by atoms with van der Waals surface area (Å²) in [7, 11) is 0. The van der Waals surface area contributed by atoms with Crippen LogP contribution in [0.1, 0.15) is 58.3 Å². The van der Waals surface area contributed by atoms with E-state index in [9.17, 15) is 0 Å². The van der Waals surface area contributed by atoms with Crippen molar-refractivity contribution in [2.24, 2.45) is 11.8 Å². The SMILES string of the molecule is CC1CCC(CBr)(OCC2CCCC2)CC1. The molecule has 0 N–H and O–H groups in total. The topological polar surface area (TPSA) is 9.23 Å². The van der Waals surface area contributed by atoms with Crippen LogP contribution in [-0.4, -0.2) is 17.5 Å². The molecule has 2 heteroatoms. The van der Waals surface area contributed by atoms with Gasteiger partial charge in [0.25, 0.3) is 0 Å². The first-order valence-corrected chi connectivity index (χ1v) is 8.06. The van der Waals surface area contributed by atoms with E-state index in [1.54, 1.807) is 0 Å². The molecule has 2 saturated carbocycles. The molecule has 0 aromatic carbocycles. The minimum absolute atomic E-state index is 0.176. The third kappa shape index (κ3) is 3.22. The van der Waals surface area contributed by atoms with Crippen molar-refractivity contribution in [2.75, 3.05) is 11.9 Å². The van der Waals surface area contributed by atoms with E-state index < -0.39 is 0 Å². The fraction of sp³-hybridized carbons (Fsp3) is 1.00. The molecule has 2 aliphatic carbocycles. The smallest absolute Gasteiger partial charge is 0.0779 e. The molecule has 2 fully saturated rings. The van der Waals surface area contributed by atoms with Crippen LogP contribution in [0.4, 0.5) is 0 Å². The molecule has 0 spiro atoms. The molecular formula is C14H25BrO. The molecule has 0 unspecified atom stereocenters. The second-order valence-electron chi connectivity index (χ2n) is 5.96. The van der Waals surface area contributed by atoms with Crippen LogP contribution in [0, 0.1) is 11.8 Å². The molecule has 2 rings (SSSR count). The van der Waals surface area contributed by atoms with Gasteiger partial charge in [-0.2, -0.15) is 0 Å². The van der Waals surface area contributed by atoms with Gasteiger partial charge in [0, 0.05) is 5.33 Å². The first kappa shape index (κ1) is 12.9. The van der Waals surface area contributed by atoms with E-state index in [4.69, 9.17) is 4.74 Å². The zero-order valence-corrected chi connectivity index (χ0v) is 12.1. The number of halogens is 1. The highest BCUT2D eigenvalue weighted by Crippen LogP contribution is 2.37. The first-order chi connectivity index (χ1) is 7.74. The first-order valence-electron chi connectivity index (χ1n) is 6.94. The zero-order chi connectivity index (χ0) is 11.4. The van der Waals surface area contributed by atoms with Crippen LogP contribution in [0.25, 0.3) is 0 Å². The molecule has 16 heavy (non-hydrogen) atoms. The Hall–Kier alpha value is 0.440. The highest BCUT2D eigenvalue weighted by molar-refractivity contribution is 9.09. The van der Waals surface area contributed by atoms with E-state index in [1.807, 2.05) is 0 Å². The number of rotatable bonds is 4. The Morgan fingerprint density at radius 2 is 1.75 bits per heavy atom. The van der Waals surface area contributed by atoms with Crippen molar-refractivity contribution in [1.82, 2.24) is 0 Å². The maximum absolute atomic E-state index is 6.31.